The number of nitrogens with zero attached hydrogens (tertiary/aromatic N) is 3. The Labute approximate surface area is 176 Å². The summed E-state index contributed by atoms with van der Waals surface area (Å²) in [5.74, 6) is 0.0418. The van der Waals surface area contributed by atoms with Crippen LogP contribution in [0.25, 0.3) is 0 Å². The molecule has 164 valence electrons. The zero-order valence-corrected chi connectivity index (χ0v) is 16.6. The van der Waals surface area contributed by atoms with Gasteiger partial charge in [0.15, 0.2) is 0 Å². The minimum absolute atomic E-state index is 0.211. The first kappa shape index (κ1) is 21.0. The third-order valence-corrected chi connectivity index (χ3v) is 5.25. The summed E-state index contributed by atoms with van der Waals surface area (Å²) in [6.45, 7) is 1.57. The first-order valence-corrected chi connectivity index (χ1v) is 9.86. The normalized spacial score (nSPS) is 16.0. The van der Waals surface area contributed by atoms with Gasteiger partial charge < -0.3 is 19.9 Å². The molecule has 0 bridgehead atoms. The lowest BCUT2D eigenvalue weighted by atomic mass is 10.1. The highest BCUT2D eigenvalue weighted by molar-refractivity contribution is 5.89. The summed E-state index contributed by atoms with van der Waals surface area (Å²) in [5, 5.41) is 2.84. The Kier molecular flexibility index (Phi) is 5.71. The fraction of sp³-hybridized carbons (Fsp3) is 0.381. The predicted molar refractivity (Wildman–Crippen MR) is 105 cm³/mol. The molecule has 1 N–H and O–H groups in total. The molecular formula is C21H21F3N4O3. The molecule has 2 aliphatic rings. The number of nitrogens with one attached hydrogen (secondary N) is 1. The Morgan fingerprint density at radius 2 is 1.77 bits per heavy atom. The molecule has 1 aromatic carbocycles. The zero-order chi connectivity index (χ0) is 22.0. The van der Waals surface area contributed by atoms with Gasteiger partial charge in [0.05, 0.1) is 19.5 Å². The first-order valence-electron chi connectivity index (χ1n) is 9.86. The van der Waals surface area contributed by atoms with Crippen molar-refractivity contribution in [1.29, 1.82) is 0 Å². The summed E-state index contributed by atoms with van der Waals surface area (Å²) < 4.78 is 42.3. The van der Waals surface area contributed by atoms with Crippen molar-refractivity contribution in [3.8, 4) is 5.75 Å². The van der Waals surface area contributed by atoms with Crippen LogP contribution in [0.1, 0.15) is 24.0 Å². The molecule has 0 unspecified atom stereocenters. The summed E-state index contributed by atoms with van der Waals surface area (Å²) in [6.07, 6.45) is -2.76. The molecular weight excluding hydrogens is 413 g/mol. The molecule has 1 aromatic heterocycles. The zero-order valence-electron chi connectivity index (χ0n) is 16.6. The number of hydrogen-bond acceptors (Lipinski definition) is 4. The molecule has 0 aliphatic carbocycles. The smallest absolute Gasteiger partial charge is 0.389 e. The maximum Gasteiger partial charge on any atom is 0.389 e. The summed E-state index contributed by atoms with van der Waals surface area (Å²) in [7, 11) is 0. The number of benzene rings is 1. The van der Waals surface area contributed by atoms with Crippen LogP contribution in [0.15, 0.2) is 42.7 Å². The molecule has 1 saturated heterocycles. The molecule has 3 amide bonds. The minimum atomic E-state index is -4.33. The van der Waals surface area contributed by atoms with Crippen LogP contribution in [-0.2, 0) is 17.9 Å². The van der Waals surface area contributed by atoms with E-state index in [-0.39, 0.29) is 25.2 Å². The second-order valence-corrected chi connectivity index (χ2v) is 7.61. The number of alkyl halides is 3. The fourth-order valence-electron chi connectivity index (χ4n) is 3.50. The standard InChI is InChI=1S/C21H21F3N4O3/c22-21(23,24)7-5-19(29)27-12-18(13-27)31-17-3-1-16(2-4-17)26-20(30)28-10-14-6-8-25-9-15(14)11-28/h1-4,6,8-9,18H,5,7,10-13H2,(H,26,30). The van der Waals surface area contributed by atoms with Crippen molar-refractivity contribution in [1.82, 2.24) is 14.8 Å². The second-order valence-electron chi connectivity index (χ2n) is 7.61. The number of pyridine rings is 1. The van der Waals surface area contributed by atoms with Gasteiger partial charge in [-0.1, -0.05) is 0 Å². The van der Waals surface area contributed by atoms with E-state index < -0.39 is 24.9 Å². The SMILES string of the molecule is O=C(CCC(F)(F)F)N1CC(Oc2ccc(NC(=O)N3Cc4ccncc4C3)cc2)C1. The quantitative estimate of drug-likeness (QED) is 0.781. The van der Waals surface area contributed by atoms with Crippen LogP contribution in [0.4, 0.5) is 23.7 Å². The van der Waals surface area contributed by atoms with Gasteiger partial charge in [0, 0.05) is 37.6 Å². The number of ether oxygens (including phenoxy) is 1. The molecule has 0 atom stereocenters. The van der Waals surface area contributed by atoms with Gasteiger partial charge in [0.25, 0.3) is 0 Å². The van der Waals surface area contributed by atoms with E-state index in [2.05, 4.69) is 10.3 Å². The van der Waals surface area contributed by atoms with E-state index in [0.29, 0.717) is 24.5 Å². The fourth-order valence-corrected chi connectivity index (χ4v) is 3.50. The predicted octanol–water partition coefficient (Wildman–Crippen LogP) is 3.56. The number of hydrogen-bond donors (Lipinski definition) is 1. The lowest BCUT2D eigenvalue weighted by Crippen LogP contribution is -2.56. The van der Waals surface area contributed by atoms with Gasteiger partial charge in [-0.2, -0.15) is 13.2 Å². The first-order chi connectivity index (χ1) is 14.8. The Bertz CT molecular complexity index is 934. The summed E-state index contributed by atoms with van der Waals surface area (Å²) in [6, 6.07) is 8.52. The lowest BCUT2D eigenvalue weighted by Gasteiger charge is -2.39. The van der Waals surface area contributed by atoms with Crippen molar-refractivity contribution < 1.29 is 27.5 Å². The number of rotatable bonds is 5. The minimum Gasteiger partial charge on any atom is -0.487 e. The second kappa shape index (κ2) is 8.44. The molecule has 0 spiro atoms. The van der Waals surface area contributed by atoms with Gasteiger partial charge in [-0.15, -0.1) is 0 Å². The Morgan fingerprint density at radius 1 is 1.06 bits per heavy atom. The van der Waals surface area contributed by atoms with Crippen LogP contribution >= 0.6 is 0 Å². The van der Waals surface area contributed by atoms with Gasteiger partial charge in [0.1, 0.15) is 11.9 Å². The molecule has 7 nitrogen and oxygen atoms in total. The molecule has 3 heterocycles. The highest BCUT2D eigenvalue weighted by Gasteiger charge is 2.35. The van der Waals surface area contributed by atoms with Crippen LogP contribution in [0.3, 0.4) is 0 Å². The van der Waals surface area contributed by atoms with Crippen LogP contribution in [0, 0.1) is 0 Å². The number of aromatic nitrogens is 1. The summed E-state index contributed by atoms with van der Waals surface area (Å²) in [4.78, 5) is 31.3. The number of likely N-dealkylation sites (tertiary alicyclic amines) is 1. The van der Waals surface area contributed by atoms with E-state index in [1.54, 1.807) is 41.6 Å². The van der Waals surface area contributed by atoms with E-state index in [9.17, 15) is 22.8 Å². The molecule has 0 radical (unpaired) electrons. The van der Waals surface area contributed by atoms with Gasteiger partial charge in [0.2, 0.25) is 5.91 Å². The summed E-state index contributed by atoms with van der Waals surface area (Å²) >= 11 is 0. The third-order valence-electron chi connectivity index (χ3n) is 5.25. The highest BCUT2D eigenvalue weighted by atomic mass is 19.4. The summed E-state index contributed by atoms with van der Waals surface area (Å²) in [5.41, 5.74) is 2.73. The Morgan fingerprint density at radius 3 is 2.45 bits per heavy atom. The number of halogens is 3. The molecule has 10 heteroatoms. The van der Waals surface area contributed by atoms with E-state index >= 15 is 0 Å². The van der Waals surface area contributed by atoms with Crippen molar-refractivity contribution in [3.05, 3.63) is 53.9 Å². The van der Waals surface area contributed by atoms with Crippen molar-refractivity contribution in [2.45, 2.75) is 38.2 Å². The van der Waals surface area contributed by atoms with Crippen molar-refractivity contribution in [3.63, 3.8) is 0 Å². The van der Waals surface area contributed by atoms with Crippen LogP contribution in [0.2, 0.25) is 0 Å². The molecule has 31 heavy (non-hydrogen) atoms. The molecule has 1 fully saturated rings. The maximum atomic E-state index is 12.5. The topological polar surface area (TPSA) is 74.8 Å². The van der Waals surface area contributed by atoms with Crippen molar-refractivity contribution in [2.75, 3.05) is 18.4 Å². The number of carbonyl (C=O) groups excluding carboxylic acids is 2. The monoisotopic (exact) mass is 434 g/mol. The van der Waals surface area contributed by atoms with Gasteiger partial charge >= 0.3 is 12.2 Å². The van der Waals surface area contributed by atoms with E-state index in [1.807, 2.05) is 6.07 Å². The maximum absolute atomic E-state index is 12.5. The van der Waals surface area contributed by atoms with E-state index in [1.165, 1.54) is 4.90 Å². The number of fused-ring (bicyclic) bond motifs is 1. The van der Waals surface area contributed by atoms with Crippen molar-refractivity contribution >= 4 is 17.6 Å². The molecule has 2 aliphatic heterocycles. The number of carbonyl (C=O) groups is 2. The van der Waals surface area contributed by atoms with Crippen LogP contribution in [0.5, 0.6) is 5.75 Å². The largest absolute Gasteiger partial charge is 0.487 e. The van der Waals surface area contributed by atoms with Gasteiger partial charge in [-0.05, 0) is 41.5 Å². The van der Waals surface area contributed by atoms with E-state index in [0.717, 1.165) is 11.1 Å². The molecule has 2 aromatic rings. The lowest BCUT2D eigenvalue weighted by molar-refractivity contribution is -0.154. The third kappa shape index (κ3) is 5.25. The molecule has 4 rings (SSSR count). The van der Waals surface area contributed by atoms with Gasteiger partial charge in [-0.3, -0.25) is 9.78 Å². The number of anilines is 1. The Hall–Kier alpha value is -3.30. The number of urea groups is 1. The highest BCUT2D eigenvalue weighted by Crippen LogP contribution is 2.25. The van der Waals surface area contributed by atoms with Gasteiger partial charge in [-0.25, -0.2) is 4.79 Å². The Balaban J connectivity index is 1.21. The van der Waals surface area contributed by atoms with E-state index in [4.69, 9.17) is 4.74 Å². The average Bonchev–Trinajstić information content (AvgIpc) is 3.14. The average molecular weight is 434 g/mol. The molecule has 0 saturated carbocycles. The number of amides is 3. The van der Waals surface area contributed by atoms with Crippen molar-refractivity contribution in [2.24, 2.45) is 0 Å². The van der Waals surface area contributed by atoms with Crippen LogP contribution < -0.4 is 10.1 Å². The van der Waals surface area contributed by atoms with Crippen LogP contribution in [-0.4, -0.2) is 52.1 Å².